The average Bonchev–Trinajstić information content (AvgIpc) is 2.03. The lowest BCUT2D eigenvalue weighted by atomic mass is 10.1. The van der Waals surface area contributed by atoms with Crippen molar-refractivity contribution < 1.29 is 9.18 Å². The van der Waals surface area contributed by atoms with Crippen LogP contribution in [0, 0.1) is 24.6 Å². The molecule has 2 heteroatoms. The summed E-state index contributed by atoms with van der Waals surface area (Å²) >= 11 is 0. The summed E-state index contributed by atoms with van der Waals surface area (Å²) in [5.41, 5.74) is 1.09. The van der Waals surface area contributed by atoms with Crippen LogP contribution in [0.1, 0.15) is 11.1 Å². The number of rotatable bonds is 0. The third kappa shape index (κ3) is 1.93. The van der Waals surface area contributed by atoms with Gasteiger partial charge in [-0.05, 0) is 30.5 Å². The molecule has 0 aliphatic heterocycles. The van der Waals surface area contributed by atoms with Gasteiger partial charge in [0.05, 0.1) is 5.56 Å². The zero-order chi connectivity index (χ0) is 8.97. The number of carbonyl (C=O) groups is 1. The highest BCUT2D eigenvalue weighted by Crippen LogP contribution is 2.07. The molecular formula is C10H7FO. The van der Waals surface area contributed by atoms with Gasteiger partial charge in [-0.2, -0.15) is 0 Å². The molecule has 0 saturated heterocycles. The SMILES string of the molecule is Cc1ccc(C#CC=O)c(F)c1. The van der Waals surface area contributed by atoms with E-state index in [2.05, 4.69) is 11.8 Å². The minimum absolute atomic E-state index is 0.257. The molecule has 12 heavy (non-hydrogen) atoms. The van der Waals surface area contributed by atoms with Crippen LogP contribution in [0.3, 0.4) is 0 Å². The second kappa shape index (κ2) is 3.68. The third-order valence-corrected chi connectivity index (χ3v) is 1.39. The van der Waals surface area contributed by atoms with Crippen molar-refractivity contribution in [1.29, 1.82) is 0 Å². The van der Waals surface area contributed by atoms with Crippen molar-refractivity contribution >= 4 is 6.29 Å². The first-order chi connectivity index (χ1) is 5.74. The highest BCUT2D eigenvalue weighted by atomic mass is 19.1. The summed E-state index contributed by atoms with van der Waals surface area (Å²) in [7, 11) is 0. The van der Waals surface area contributed by atoms with Crippen molar-refractivity contribution in [2.24, 2.45) is 0 Å². The van der Waals surface area contributed by atoms with Crippen molar-refractivity contribution in [3.05, 3.63) is 35.1 Å². The van der Waals surface area contributed by atoms with Crippen molar-refractivity contribution in [1.82, 2.24) is 0 Å². The van der Waals surface area contributed by atoms with Crippen LogP contribution in [0.25, 0.3) is 0 Å². The second-order valence-electron chi connectivity index (χ2n) is 2.37. The van der Waals surface area contributed by atoms with Gasteiger partial charge in [-0.3, -0.25) is 4.79 Å². The van der Waals surface area contributed by atoms with E-state index in [9.17, 15) is 9.18 Å². The topological polar surface area (TPSA) is 17.1 Å². The molecule has 0 unspecified atom stereocenters. The Morgan fingerprint density at radius 2 is 2.25 bits per heavy atom. The summed E-state index contributed by atoms with van der Waals surface area (Å²) in [4.78, 5) is 9.86. The highest BCUT2D eigenvalue weighted by Gasteiger charge is 1.96. The predicted octanol–water partition coefficient (Wildman–Crippen LogP) is 1.68. The quantitative estimate of drug-likeness (QED) is 0.419. The summed E-state index contributed by atoms with van der Waals surface area (Å²) in [6.45, 7) is 1.79. The third-order valence-electron chi connectivity index (χ3n) is 1.39. The maximum Gasteiger partial charge on any atom is 0.193 e. The Labute approximate surface area is 70.2 Å². The zero-order valence-corrected chi connectivity index (χ0v) is 6.60. The molecule has 1 aromatic carbocycles. The Bertz CT molecular complexity index is 358. The van der Waals surface area contributed by atoms with Crippen LogP contribution in [0.15, 0.2) is 18.2 Å². The lowest BCUT2D eigenvalue weighted by Gasteiger charge is -1.94. The second-order valence-corrected chi connectivity index (χ2v) is 2.37. The largest absolute Gasteiger partial charge is 0.289 e. The number of hydrogen-bond donors (Lipinski definition) is 0. The molecule has 0 aliphatic rings. The fraction of sp³-hybridized carbons (Fsp3) is 0.100. The molecule has 0 aromatic heterocycles. The number of hydrogen-bond acceptors (Lipinski definition) is 1. The Balaban J connectivity index is 3.09. The van der Waals surface area contributed by atoms with E-state index in [1.807, 2.05) is 0 Å². The molecule has 60 valence electrons. The number of carbonyl (C=O) groups excluding carboxylic acids is 1. The molecule has 0 heterocycles. The first-order valence-electron chi connectivity index (χ1n) is 3.45. The van der Waals surface area contributed by atoms with E-state index in [0.717, 1.165) is 5.56 Å². The van der Waals surface area contributed by atoms with E-state index in [1.165, 1.54) is 6.07 Å². The minimum atomic E-state index is -0.385. The summed E-state index contributed by atoms with van der Waals surface area (Å²) in [6.07, 6.45) is 0.444. The standard InChI is InChI=1S/C10H7FO/c1-8-4-5-9(3-2-6-12)10(11)7-8/h4-7H,1H3. The van der Waals surface area contributed by atoms with Crippen LogP contribution in [-0.2, 0) is 4.79 Å². The minimum Gasteiger partial charge on any atom is -0.289 e. The summed E-state index contributed by atoms with van der Waals surface area (Å²) < 4.78 is 13.0. The maximum atomic E-state index is 13.0. The Kier molecular flexibility index (Phi) is 2.60. The van der Waals surface area contributed by atoms with E-state index in [4.69, 9.17) is 0 Å². The molecule has 1 aromatic rings. The van der Waals surface area contributed by atoms with E-state index in [-0.39, 0.29) is 11.4 Å². The fourth-order valence-electron chi connectivity index (χ4n) is 0.829. The molecule has 0 fully saturated rings. The molecule has 0 N–H and O–H groups in total. The van der Waals surface area contributed by atoms with Gasteiger partial charge in [0.15, 0.2) is 6.29 Å². The maximum absolute atomic E-state index is 13.0. The molecular weight excluding hydrogens is 155 g/mol. The Morgan fingerprint density at radius 1 is 1.50 bits per heavy atom. The van der Waals surface area contributed by atoms with Gasteiger partial charge in [0, 0.05) is 0 Å². The summed E-state index contributed by atoms with van der Waals surface area (Å²) in [6, 6.07) is 4.69. The van der Waals surface area contributed by atoms with Crippen molar-refractivity contribution in [3.63, 3.8) is 0 Å². The molecule has 0 atom stereocenters. The summed E-state index contributed by atoms with van der Waals surface area (Å²) in [5.74, 6) is 4.17. The lowest BCUT2D eigenvalue weighted by molar-refractivity contribution is -0.103. The van der Waals surface area contributed by atoms with E-state index in [1.54, 1.807) is 19.1 Å². The van der Waals surface area contributed by atoms with Crippen LogP contribution >= 0.6 is 0 Å². The van der Waals surface area contributed by atoms with Crippen molar-refractivity contribution in [3.8, 4) is 11.8 Å². The van der Waals surface area contributed by atoms with E-state index < -0.39 is 0 Å². The number of benzene rings is 1. The number of halogens is 1. The Hall–Kier alpha value is -1.62. The van der Waals surface area contributed by atoms with Crippen molar-refractivity contribution in [2.45, 2.75) is 6.92 Å². The van der Waals surface area contributed by atoms with Gasteiger partial charge in [-0.1, -0.05) is 12.0 Å². The first-order valence-corrected chi connectivity index (χ1v) is 3.45. The number of aldehydes is 1. The molecule has 0 bridgehead atoms. The fourth-order valence-corrected chi connectivity index (χ4v) is 0.829. The van der Waals surface area contributed by atoms with Crippen LogP contribution in [0.4, 0.5) is 4.39 Å². The molecule has 0 saturated carbocycles. The van der Waals surface area contributed by atoms with Gasteiger partial charge < -0.3 is 0 Å². The molecule has 0 spiro atoms. The van der Waals surface area contributed by atoms with Crippen molar-refractivity contribution in [2.75, 3.05) is 0 Å². The van der Waals surface area contributed by atoms with Gasteiger partial charge in [-0.25, -0.2) is 4.39 Å². The molecule has 1 nitrogen and oxygen atoms in total. The first kappa shape index (κ1) is 8.48. The highest BCUT2D eigenvalue weighted by molar-refractivity contribution is 5.73. The normalized spacial score (nSPS) is 8.50. The lowest BCUT2D eigenvalue weighted by Crippen LogP contribution is -1.84. The molecule has 0 radical (unpaired) electrons. The molecule has 1 rings (SSSR count). The van der Waals surface area contributed by atoms with Gasteiger partial charge in [-0.15, -0.1) is 0 Å². The van der Waals surface area contributed by atoms with Crippen LogP contribution in [0.5, 0.6) is 0 Å². The zero-order valence-electron chi connectivity index (χ0n) is 6.60. The van der Waals surface area contributed by atoms with Gasteiger partial charge in [0.25, 0.3) is 0 Å². The monoisotopic (exact) mass is 162 g/mol. The van der Waals surface area contributed by atoms with Crippen LogP contribution in [0.2, 0.25) is 0 Å². The van der Waals surface area contributed by atoms with Crippen LogP contribution in [-0.4, -0.2) is 6.29 Å². The van der Waals surface area contributed by atoms with E-state index >= 15 is 0 Å². The Morgan fingerprint density at radius 3 is 2.83 bits per heavy atom. The van der Waals surface area contributed by atoms with Crippen LogP contribution < -0.4 is 0 Å². The van der Waals surface area contributed by atoms with Gasteiger partial charge >= 0.3 is 0 Å². The smallest absolute Gasteiger partial charge is 0.193 e. The predicted molar refractivity (Wildman–Crippen MR) is 44.1 cm³/mol. The van der Waals surface area contributed by atoms with Gasteiger partial charge in [0.2, 0.25) is 0 Å². The molecule has 0 aliphatic carbocycles. The summed E-state index contributed by atoms with van der Waals surface area (Å²) in [5, 5.41) is 0. The average molecular weight is 162 g/mol. The van der Waals surface area contributed by atoms with E-state index in [0.29, 0.717) is 6.29 Å². The number of aryl methyl sites for hydroxylation is 1. The van der Waals surface area contributed by atoms with Gasteiger partial charge in [0.1, 0.15) is 5.82 Å². The molecule has 0 amide bonds.